The maximum absolute atomic E-state index is 12.2. The van der Waals surface area contributed by atoms with Gasteiger partial charge in [0.2, 0.25) is 0 Å². The summed E-state index contributed by atoms with van der Waals surface area (Å²) in [4.78, 5) is 26.3. The first-order chi connectivity index (χ1) is 8.13. The van der Waals surface area contributed by atoms with Gasteiger partial charge in [-0.3, -0.25) is 0 Å². The Balaban J connectivity index is 1.98. The molecule has 2 amide bonds. The van der Waals surface area contributed by atoms with Gasteiger partial charge >= 0.3 is 12.0 Å². The van der Waals surface area contributed by atoms with Crippen LogP contribution in [0.1, 0.15) is 19.3 Å². The van der Waals surface area contributed by atoms with E-state index in [1.807, 2.05) is 0 Å². The van der Waals surface area contributed by atoms with Gasteiger partial charge in [-0.1, -0.05) is 0 Å². The van der Waals surface area contributed by atoms with Crippen LogP contribution in [0.3, 0.4) is 0 Å². The molecule has 0 aromatic heterocycles. The van der Waals surface area contributed by atoms with E-state index < -0.39 is 12.0 Å². The molecule has 2 fully saturated rings. The molecular formula is C11H18N2O4. The number of carbonyl (C=O) groups is 2. The Morgan fingerprint density at radius 1 is 1.29 bits per heavy atom. The fraction of sp³-hybridized carbons (Fsp3) is 0.818. The largest absolute Gasteiger partial charge is 0.480 e. The highest BCUT2D eigenvalue weighted by Crippen LogP contribution is 2.22. The van der Waals surface area contributed by atoms with E-state index in [2.05, 4.69) is 0 Å². The fourth-order valence-corrected chi connectivity index (χ4v) is 2.53. The fourth-order valence-electron chi connectivity index (χ4n) is 2.53. The molecule has 0 aliphatic carbocycles. The molecule has 2 aliphatic rings. The Labute approximate surface area is 100 Å². The molecule has 6 heteroatoms. The van der Waals surface area contributed by atoms with Gasteiger partial charge in [-0.2, -0.15) is 0 Å². The van der Waals surface area contributed by atoms with Crippen molar-refractivity contribution in [3.05, 3.63) is 0 Å². The number of rotatable bonds is 2. The number of aliphatic carboxylic acids is 1. The minimum Gasteiger partial charge on any atom is -0.480 e. The van der Waals surface area contributed by atoms with Gasteiger partial charge in [0.25, 0.3) is 0 Å². The van der Waals surface area contributed by atoms with Crippen molar-refractivity contribution in [2.24, 2.45) is 0 Å². The average molecular weight is 242 g/mol. The van der Waals surface area contributed by atoms with Gasteiger partial charge in [0.05, 0.1) is 6.10 Å². The van der Waals surface area contributed by atoms with Gasteiger partial charge < -0.3 is 19.6 Å². The van der Waals surface area contributed by atoms with Crippen LogP contribution in [0, 0.1) is 0 Å². The van der Waals surface area contributed by atoms with Gasteiger partial charge in [-0.05, 0) is 19.3 Å². The Morgan fingerprint density at radius 3 is 2.65 bits per heavy atom. The number of likely N-dealkylation sites (tertiary alicyclic amines) is 2. The van der Waals surface area contributed by atoms with Crippen molar-refractivity contribution in [1.29, 1.82) is 0 Å². The van der Waals surface area contributed by atoms with E-state index >= 15 is 0 Å². The summed E-state index contributed by atoms with van der Waals surface area (Å²) in [6.07, 6.45) is 2.24. The predicted octanol–water partition coefficient (Wildman–Crippen LogP) is 0.376. The number of hydrogen-bond donors (Lipinski definition) is 1. The number of nitrogens with zero attached hydrogens (tertiary/aromatic N) is 2. The minimum absolute atomic E-state index is 0.0878. The number of urea groups is 1. The summed E-state index contributed by atoms with van der Waals surface area (Å²) < 4.78 is 5.20. The summed E-state index contributed by atoms with van der Waals surface area (Å²) in [6.45, 7) is 1.77. The van der Waals surface area contributed by atoms with Crippen LogP contribution in [-0.4, -0.2) is 65.8 Å². The first-order valence-corrected chi connectivity index (χ1v) is 5.94. The quantitative estimate of drug-likeness (QED) is 0.759. The number of hydrogen-bond acceptors (Lipinski definition) is 3. The van der Waals surface area contributed by atoms with Crippen LogP contribution in [0.25, 0.3) is 0 Å². The molecule has 6 nitrogen and oxygen atoms in total. The van der Waals surface area contributed by atoms with E-state index in [-0.39, 0.29) is 12.1 Å². The normalized spacial score (nSPS) is 28.8. The lowest BCUT2D eigenvalue weighted by Crippen LogP contribution is -2.47. The third-order valence-electron chi connectivity index (χ3n) is 3.53. The van der Waals surface area contributed by atoms with Gasteiger partial charge in [-0.15, -0.1) is 0 Å². The summed E-state index contributed by atoms with van der Waals surface area (Å²) in [5, 5.41) is 9.04. The van der Waals surface area contributed by atoms with E-state index in [1.54, 1.807) is 12.0 Å². The van der Waals surface area contributed by atoms with E-state index in [0.717, 1.165) is 12.8 Å². The van der Waals surface area contributed by atoms with Gasteiger partial charge in [0.15, 0.2) is 0 Å². The number of ether oxygens (including phenoxy) is 1. The number of methoxy groups -OCH3 is 1. The zero-order chi connectivity index (χ0) is 12.4. The lowest BCUT2D eigenvalue weighted by molar-refractivity contribution is -0.141. The van der Waals surface area contributed by atoms with Crippen molar-refractivity contribution in [3.8, 4) is 0 Å². The van der Waals surface area contributed by atoms with E-state index in [0.29, 0.717) is 26.1 Å². The third-order valence-corrected chi connectivity index (χ3v) is 3.53. The molecule has 96 valence electrons. The number of amides is 2. The van der Waals surface area contributed by atoms with Crippen LogP contribution in [0.5, 0.6) is 0 Å². The zero-order valence-electron chi connectivity index (χ0n) is 9.96. The van der Waals surface area contributed by atoms with Crippen LogP contribution in [0.2, 0.25) is 0 Å². The molecule has 0 radical (unpaired) electrons. The van der Waals surface area contributed by atoms with Crippen molar-refractivity contribution >= 4 is 12.0 Å². The second-order valence-electron chi connectivity index (χ2n) is 4.56. The summed E-state index contributed by atoms with van der Waals surface area (Å²) in [5.41, 5.74) is 0. The molecule has 2 unspecified atom stereocenters. The lowest BCUT2D eigenvalue weighted by Gasteiger charge is -2.27. The van der Waals surface area contributed by atoms with Crippen LogP contribution >= 0.6 is 0 Å². The van der Waals surface area contributed by atoms with Gasteiger partial charge in [-0.25, -0.2) is 9.59 Å². The number of carboxylic acids is 1. The predicted molar refractivity (Wildman–Crippen MR) is 59.7 cm³/mol. The Hall–Kier alpha value is -1.30. The van der Waals surface area contributed by atoms with Crippen molar-refractivity contribution in [2.45, 2.75) is 31.4 Å². The Kier molecular flexibility index (Phi) is 3.51. The first kappa shape index (κ1) is 12.2. The Bertz CT molecular complexity index is 321. The smallest absolute Gasteiger partial charge is 0.326 e. The van der Waals surface area contributed by atoms with E-state index in [1.165, 1.54) is 4.90 Å². The monoisotopic (exact) mass is 242 g/mol. The van der Waals surface area contributed by atoms with E-state index in [9.17, 15) is 9.59 Å². The molecule has 1 N–H and O–H groups in total. The molecule has 0 aromatic carbocycles. The molecule has 17 heavy (non-hydrogen) atoms. The molecule has 2 saturated heterocycles. The highest BCUT2D eigenvalue weighted by Gasteiger charge is 2.38. The van der Waals surface area contributed by atoms with Crippen molar-refractivity contribution < 1.29 is 19.4 Å². The number of carbonyl (C=O) groups excluding carboxylic acids is 1. The lowest BCUT2D eigenvalue weighted by atomic mass is 10.2. The molecule has 2 atom stereocenters. The second-order valence-corrected chi connectivity index (χ2v) is 4.56. The summed E-state index contributed by atoms with van der Waals surface area (Å²) in [6, 6.07) is -0.807. The highest BCUT2D eigenvalue weighted by molar-refractivity contribution is 5.83. The first-order valence-electron chi connectivity index (χ1n) is 5.94. The molecule has 0 bridgehead atoms. The molecular weight excluding hydrogens is 224 g/mol. The second kappa shape index (κ2) is 4.91. The van der Waals surface area contributed by atoms with Crippen molar-refractivity contribution in [3.63, 3.8) is 0 Å². The van der Waals surface area contributed by atoms with Crippen LogP contribution in [-0.2, 0) is 9.53 Å². The molecule has 2 rings (SSSR count). The SMILES string of the molecule is COC1CCN(C(=O)N2CCCC2C(=O)O)C1. The Morgan fingerprint density at radius 2 is 2.06 bits per heavy atom. The molecule has 2 aliphatic heterocycles. The van der Waals surface area contributed by atoms with Crippen molar-refractivity contribution in [1.82, 2.24) is 9.80 Å². The molecule has 0 saturated carbocycles. The summed E-state index contributed by atoms with van der Waals surface area (Å²) in [5.74, 6) is -0.904. The summed E-state index contributed by atoms with van der Waals surface area (Å²) in [7, 11) is 1.63. The van der Waals surface area contributed by atoms with E-state index in [4.69, 9.17) is 9.84 Å². The third kappa shape index (κ3) is 2.36. The highest BCUT2D eigenvalue weighted by atomic mass is 16.5. The summed E-state index contributed by atoms with van der Waals surface area (Å²) >= 11 is 0. The number of carboxylic acid groups (broad SMARTS) is 1. The maximum atomic E-state index is 12.2. The minimum atomic E-state index is -0.904. The van der Waals surface area contributed by atoms with Crippen LogP contribution in [0.4, 0.5) is 4.79 Å². The van der Waals surface area contributed by atoms with Gasteiger partial charge in [0, 0.05) is 26.7 Å². The average Bonchev–Trinajstić information content (AvgIpc) is 2.97. The van der Waals surface area contributed by atoms with Crippen LogP contribution < -0.4 is 0 Å². The zero-order valence-corrected chi connectivity index (χ0v) is 9.96. The standard InChI is InChI=1S/C11H18N2O4/c1-17-8-4-6-12(7-8)11(16)13-5-2-3-9(13)10(14)15/h8-9H,2-7H2,1H3,(H,14,15). The van der Waals surface area contributed by atoms with Crippen LogP contribution in [0.15, 0.2) is 0 Å². The van der Waals surface area contributed by atoms with Gasteiger partial charge in [0.1, 0.15) is 6.04 Å². The molecule has 0 spiro atoms. The van der Waals surface area contributed by atoms with Crippen molar-refractivity contribution in [2.75, 3.05) is 26.7 Å². The topological polar surface area (TPSA) is 70.1 Å². The molecule has 2 heterocycles. The molecule has 0 aromatic rings. The maximum Gasteiger partial charge on any atom is 0.326 e.